The van der Waals surface area contributed by atoms with Gasteiger partial charge in [-0.1, -0.05) is 45.0 Å². The smallest absolute Gasteiger partial charge is 0.102 e. The Morgan fingerprint density at radius 3 is 2.29 bits per heavy atom. The van der Waals surface area contributed by atoms with Gasteiger partial charge in [0.2, 0.25) is 0 Å². The lowest BCUT2D eigenvalue weighted by molar-refractivity contribution is 0.588. The molecule has 0 spiro atoms. The van der Waals surface area contributed by atoms with Gasteiger partial charge in [0.15, 0.2) is 0 Å². The highest BCUT2D eigenvalue weighted by Gasteiger charge is 2.20. The molecule has 3 nitrogen and oxygen atoms in total. The molecule has 106 valence electrons. The molecule has 0 radical (unpaired) electrons. The minimum atomic E-state index is -0.0416. The van der Waals surface area contributed by atoms with E-state index in [-0.39, 0.29) is 5.41 Å². The molecule has 0 bridgehead atoms. The molecular formula is C18H19N3. The Labute approximate surface area is 125 Å². The Morgan fingerprint density at radius 2 is 1.71 bits per heavy atom. The van der Waals surface area contributed by atoms with Crippen molar-refractivity contribution in [3.05, 3.63) is 65.5 Å². The summed E-state index contributed by atoms with van der Waals surface area (Å²) < 4.78 is 0. The van der Waals surface area contributed by atoms with Crippen LogP contribution in [0.4, 0.5) is 0 Å². The third-order valence-corrected chi connectivity index (χ3v) is 3.38. The number of hydrogen-bond acceptors (Lipinski definition) is 3. The van der Waals surface area contributed by atoms with E-state index in [0.29, 0.717) is 11.3 Å². The van der Waals surface area contributed by atoms with Gasteiger partial charge in [0, 0.05) is 18.0 Å². The number of benzene rings is 1. The summed E-state index contributed by atoms with van der Waals surface area (Å²) in [5.74, 6) is 0. The number of hydrogen-bond donors (Lipinski definition) is 1. The lowest BCUT2D eigenvalue weighted by atomic mass is 9.82. The molecule has 0 aliphatic heterocycles. The molecule has 1 heterocycles. The van der Waals surface area contributed by atoms with E-state index < -0.39 is 0 Å². The first-order valence-electron chi connectivity index (χ1n) is 6.85. The largest absolute Gasteiger partial charge is 0.397 e. The van der Waals surface area contributed by atoms with E-state index in [0.717, 1.165) is 16.7 Å². The Bertz CT molecular complexity index is 701. The summed E-state index contributed by atoms with van der Waals surface area (Å²) in [6.07, 6.45) is 3.32. The topological polar surface area (TPSA) is 62.7 Å². The third-order valence-electron chi connectivity index (χ3n) is 3.38. The Morgan fingerprint density at radius 1 is 1.10 bits per heavy atom. The first kappa shape index (κ1) is 14.8. The van der Waals surface area contributed by atoms with Crippen molar-refractivity contribution in [3.63, 3.8) is 0 Å². The number of aromatic nitrogens is 1. The van der Waals surface area contributed by atoms with Crippen LogP contribution in [0.2, 0.25) is 0 Å². The molecule has 0 amide bonds. The molecule has 2 rings (SSSR count). The molecule has 0 aliphatic carbocycles. The van der Waals surface area contributed by atoms with Crippen molar-refractivity contribution in [3.8, 4) is 6.07 Å². The molecule has 0 saturated heterocycles. The predicted molar refractivity (Wildman–Crippen MR) is 86.0 cm³/mol. The molecule has 0 aliphatic rings. The quantitative estimate of drug-likeness (QED) is 0.851. The summed E-state index contributed by atoms with van der Waals surface area (Å²) in [4.78, 5) is 3.98. The van der Waals surface area contributed by atoms with Gasteiger partial charge in [-0.2, -0.15) is 5.26 Å². The fourth-order valence-electron chi connectivity index (χ4n) is 2.31. The van der Waals surface area contributed by atoms with Crippen molar-refractivity contribution in [1.82, 2.24) is 4.98 Å². The third kappa shape index (κ3) is 3.11. The summed E-state index contributed by atoms with van der Waals surface area (Å²) >= 11 is 0. The van der Waals surface area contributed by atoms with Crippen LogP contribution >= 0.6 is 0 Å². The molecule has 3 heteroatoms. The average Bonchev–Trinajstić information content (AvgIpc) is 2.48. The summed E-state index contributed by atoms with van der Waals surface area (Å²) in [6, 6.07) is 13.8. The highest BCUT2D eigenvalue weighted by molar-refractivity contribution is 5.96. The van der Waals surface area contributed by atoms with Crippen LogP contribution in [0.1, 0.15) is 37.5 Å². The molecule has 0 fully saturated rings. The zero-order valence-corrected chi connectivity index (χ0v) is 12.6. The van der Waals surface area contributed by atoms with Gasteiger partial charge in [-0.3, -0.25) is 4.98 Å². The number of nitrogens with zero attached hydrogens (tertiary/aromatic N) is 2. The Hall–Kier alpha value is -2.60. The van der Waals surface area contributed by atoms with Crippen molar-refractivity contribution in [1.29, 1.82) is 5.26 Å². The van der Waals surface area contributed by atoms with Crippen molar-refractivity contribution in [2.24, 2.45) is 5.73 Å². The second kappa shape index (κ2) is 5.80. The summed E-state index contributed by atoms with van der Waals surface area (Å²) in [7, 11) is 0. The van der Waals surface area contributed by atoms with Crippen molar-refractivity contribution < 1.29 is 0 Å². The highest BCUT2D eigenvalue weighted by Crippen LogP contribution is 2.31. The minimum absolute atomic E-state index is 0.0416. The first-order chi connectivity index (χ1) is 9.95. The fraction of sp³-hybridized carbons (Fsp3) is 0.222. The van der Waals surface area contributed by atoms with Gasteiger partial charge >= 0.3 is 0 Å². The molecule has 0 unspecified atom stereocenters. The standard InChI is InChI=1S/C18H19N3/c1-18(2,3)16-7-5-4-6-14(16)17(20)15(12-19)13-8-10-21-11-9-13/h4-11H,20H2,1-3H3/b17-15+. The Kier molecular flexibility index (Phi) is 4.09. The van der Waals surface area contributed by atoms with Gasteiger partial charge in [0.05, 0.1) is 11.3 Å². The molecule has 0 saturated carbocycles. The molecule has 0 atom stereocenters. The molecular weight excluding hydrogens is 258 g/mol. The number of nitrogens with two attached hydrogens (primary N) is 1. The Balaban J connectivity index is 2.66. The summed E-state index contributed by atoms with van der Waals surface area (Å²) in [6.45, 7) is 6.41. The van der Waals surface area contributed by atoms with Gasteiger partial charge < -0.3 is 5.73 Å². The van der Waals surface area contributed by atoms with Crippen LogP contribution in [0.5, 0.6) is 0 Å². The van der Waals surface area contributed by atoms with Crippen molar-refractivity contribution in [2.75, 3.05) is 0 Å². The van der Waals surface area contributed by atoms with Gasteiger partial charge in [0.1, 0.15) is 6.07 Å². The van der Waals surface area contributed by atoms with Gasteiger partial charge in [-0.15, -0.1) is 0 Å². The number of pyridine rings is 1. The van der Waals surface area contributed by atoms with E-state index in [1.807, 2.05) is 18.2 Å². The average molecular weight is 277 g/mol. The molecule has 1 aromatic carbocycles. The van der Waals surface area contributed by atoms with E-state index in [1.54, 1.807) is 24.5 Å². The second-order valence-corrected chi connectivity index (χ2v) is 5.93. The van der Waals surface area contributed by atoms with Crippen LogP contribution in [0.25, 0.3) is 11.3 Å². The summed E-state index contributed by atoms with van der Waals surface area (Å²) in [5, 5.41) is 9.50. The molecule has 1 aromatic heterocycles. The maximum absolute atomic E-state index is 9.50. The van der Waals surface area contributed by atoms with Crippen LogP contribution in [-0.2, 0) is 5.41 Å². The normalized spacial score (nSPS) is 12.5. The SMILES string of the molecule is CC(C)(C)c1ccccc1/C(N)=C(/C#N)c1ccncc1. The van der Waals surface area contributed by atoms with Crippen LogP contribution in [0.3, 0.4) is 0 Å². The van der Waals surface area contributed by atoms with E-state index in [9.17, 15) is 5.26 Å². The highest BCUT2D eigenvalue weighted by atomic mass is 14.6. The van der Waals surface area contributed by atoms with E-state index >= 15 is 0 Å². The van der Waals surface area contributed by atoms with Crippen LogP contribution in [0, 0.1) is 11.3 Å². The van der Waals surface area contributed by atoms with E-state index in [2.05, 4.69) is 37.9 Å². The monoisotopic (exact) mass is 277 g/mol. The van der Waals surface area contributed by atoms with Crippen molar-refractivity contribution >= 4 is 11.3 Å². The lowest BCUT2D eigenvalue weighted by Crippen LogP contribution is -2.16. The molecule has 2 N–H and O–H groups in total. The van der Waals surface area contributed by atoms with E-state index in [4.69, 9.17) is 5.73 Å². The fourth-order valence-corrected chi connectivity index (χ4v) is 2.31. The van der Waals surface area contributed by atoms with E-state index in [1.165, 1.54) is 0 Å². The second-order valence-electron chi connectivity index (χ2n) is 5.93. The van der Waals surface area contributed by atoms with Gasteiger partial charge in [0.25, 0.3) is 0 Å². The zero-order valence-electron chi connectivity index (χ0n) is 12.6. The number of allylic oxidation sites excluding steroid dienone is 1. The maximum Gasteiger partial charge on any atom is 0.102 e. The minimum Gasteiger partial charge on any atom is -0.397 e. The number of nitriles is 1. The lowest BCUT2D eigenvalue weighted by Gasteiger charge is -2.23. The molecule has 2 aromatic rings. The van der Waals surface area contributed by atoms with Crippen molar-refractivity contribution in [2.45, 2.75) is 26.2 Å². The van der Waals surface area contributed by atoms with Crippen LogP contribution in [-0.4, -0.2) is 4.98 Å². The van der Waals surface area contributed by atoms with Gasteiger partial charge in [-0.25, -0.2) is 0 Å². The zero-order chi connectivity index (χ0) is 15.5. The van der Waals surface area contributed by atoms with Crippen LogP contribution in [0.15, 0.2) is 48.8 Å². The summed E-state index contributed by atoms with van der Waals surface area (Å²) in [5.41, 5.74) is 10.1. The number of rotatable bonds is 2. The first-order valence-corrected chi connectivity index (χ1v) is 6.85. The molecule has 21 heavy (non-hydrogen) atoms. The van der Waals surface area contributed by atoms with Gasteiger partial charge in [-0.05, 0) is 28.7 Å². The van der Waals surface area contributed by atoms with Crippen LogP contribution < -0.4 is 5.73 Å². The maximum atomic E-state index is 9.50. The predicted octanol–water partition coefficient (Wildman–Crippen LogP) is 3.73.